The molecule has 1 aliphatic heterocycles. The predicted octanol–water partition coefficient (Wildman–Crippen LogP) is 2.19. The fraction of sp³-hybridized carbons (Fsp3) is 0.625. The largest absolute Gasteiger partial charge is 0.378 e. The lowest BCUT2D eigenvalue weighted by Gasteiger charge is -2.36. The van der Waals surface area contributed by atoms with E-state index in [4.69, 9.17) is 4.74 Å². The van der Waals surface area contributed by atoms with Gasteiger partial charge >= 0.3 is 0 Å². The molecule has 0 saturated carbocycles. The molecule has 1 aliphatic rings. The minimum atomic E-state index is 0.484. The van der Waals surface area contributed by atoms with Crippen molar-refractivity contribution in [2.45, 2.75) is 39.4 Å². The van der Waals surface area contributed by atoms with E-state index < -0.39 is 0 Å². The van der Waals surface area contributed by atoms with Crippen molar-refractivity contribution in [2.24, 2.45) is 0 Å². The van der Waals surface area contributed by atoms with Crippen molar-refractivity contribution in [1.82, 2.24) is 10.2 Å². The van der Waals surface area contributed by atoms with Crippen molar-refractivity contribution in [2.75, 3.05) is 26.3 Å². The minimum Gasteiger partial charge on any atom is -0.378 e. The third kappa shape index (κ3) is 4.60. The molecule has 1 atom stereocenters. The fourth-order valence-electron chi connectivity index (χ4n) is 2.39. The van der Waals surface area contributed by atoms with Gasteiger partial charge in [0.05, 0.1) is 13.2 Å². The van der Waals surface area contributed by atoms with Gasteiger partial charge in [0.25, 0.3) is 0 Å². The van der Waals surface area contributed by atoms with Crippen molar-refractivity contribution in [3.63, 3.8) is 0 Å². The van der Waals surface area contributed by atoms with Gasteiger partial charge in [-0.25, -0.2) is 0 Å². The maximum atomic E-state index is 5.62. The van der Waals surface area contributed by atoms with Gasteiger partial charge < -0.3 is 10.1 Å². The second kappa shape index (κ2) is 7.04. The van der Waals surface area contributed by atoms with Crippen LogP contribution in [0.1, 0.15) is 25.0 Å². The summed E-state index contributed by atoms with van der Waals surface area (Å²) in [4.78, 5) is 2.53. The van der Waals surface area contributed by atoms with Crippen LogP contribution in [0.15, 0.2) is 24.3 Å². The number of nitrogens with zero attached hydrogens (tertiary/aromatic N) is 1. The van der Waals surface area contributed by atoms with E-state index in [0.29, 0.717) is 12.1 Å². The quantitative estimate of drug-likeness (QED) is 0.880. The van der Waals surface area contributed by atoms with Crippen LogP contribution in [0.4, 0.5) is 0 Å². The number of rotatable bonds is 5. The van der Waals surface area contributed by atoms with E-state index in [1.165, 1.54) is 11.1 Å². The Bertz CT molecular complexity index is 375. The summed E-state index contributed by atoms with van der Waals surface area (Å²) >= 11 is 0. The van der Waals surface area contributed by atoms with Gasteiger partial charge in [-0.3, -0.25) is 4.90 Å². The molecule has 1 heterocycles. The number of benzene rings is 1. The Morgan fingerprint density at radius 3 is 2.74 bits per heavy atom. The van der Waals surface area contributed by atoms with E-state index in [0.717, 1.165) is 32.8 Å². The van der Waals surface area contributed by atoms with Gasteiger partial charge in [0.2, 0.25) is 0 Å². The van der Waals surface area contributed by atoms with Crippen LogP contribution in [0.3, 0.4) is 0 Å². The van der Waals surface area contributed by atoms with Crippen LogP contribution < -0.4 is 5.32 Å². The zero-order chi connectivity index (χ0) is 13.7. The summed E-state index contributed by atoms with van der Waals surface area (Å²) in [5, 5.41) is 3.52. The molecule has 1 aromatic carbocycles. The SMILES string of the molecule is Cc1ccc(CN2CCOCC2CNC(C)C)cc1. The van der Waals surface area contributed by atoms with E-state index in [2.05, 4.69) is 55.3 Å². The number of nitrogens with one attached hydrogen (secondary N) is 1. The summed E-state index contributed by atoms with van der Waals surface area (Å²) in [5.41, 5.74) is 2.71. The Labute approximate surface area is 116 Å². The summed E-state index contributed by atoms with van der Waals surface area (Å²) in [7, 11) is 0. The van der Waals surface area contributed by atoms with E-state index in [9.17, 15) is 0 Å². The highest BCUT2D eigenvalue weighted by atomic mass is 16.5. The van der Waals surface area contributed by atoms with Crippen molar-refractivity contribution >= 4 is 0 Å². The molecule has 3 nitrogen and oxygen atoms in total. The topological polar surface area (TPSA) is 24.5 Å². The van der Waals surface area contributed by atoms with Gasteiger partial charge in [0.15, 0.2) is 0 Å². The molecule has 1 N–H and O–H groups in total. The van der Waals surface area contributed by atoms with E-state index >= 15 is 0 Å². The Kier molecular flexibility index (Phi) is 5.37. The Morgan fingerprint density at radius 1 is 1.32 bits per heavy atom. The maximum absolute atomic E-state index is 5.62. The van der Waals surface area contributed by atoms with Crippen LogP contribution >= 0.6 is 0 Å². The van der Waals surface area contributed by atoms with Crippen molar-refractivity contribution in [3.05, 3.63) is 35.4 Å². The summed E-state index contributed by atoms with van der Waals surface area (Å²) in [6.07, 6.45) is 0. The van der Waals surface area contributed by atoms with Gasteiger partial charge in [-0.05, 0) is 12.5 Å². The molecule has 1 aromatic rings. The third-order valence-corrected chi connectivity index (χ3v) is 3.62. The van der Waals surface area contributed by atoms with Crippen LogP contribution in [0, 0.1) is 6.92 Å². The van der Waals surface area contributed by atoms with Crippen molar-refractivity contribution in [1.29, 1.82) is 0 Å². The Morgan fingerprint density at radius 2 is 2.05 bits per heavy atom. The van der Waals surface area contributed by atoms with Crippen LogP contribution in [0.2, 0.25) is 0 Å². The van der Waals surface area contributed by atoms with Crippen LogP contribution in [-0.2, 0) is 11.3 Å². The first-order valence-corrected chi connectivity index (χ1v) is 7.26. The lowest BCUT2D eigenvalue weighted by atomic mass is 10.1. The summed E-state index contributed by atoms with van der Waals surface area (Å²) in [6.45, 7) is 11.3. The van der Waals surface area contributed by atoms with Crippen LogP contribution in [-0.4, -0.2) is 43.3 Å². The second-order valence-corrected chi connectivity index (χ2v) is 5.75. The molecule has 1 fully saturated rings. The van der Waals surface area contributed by atoms with Gasteiger partial charge in [-0.2, -0.15) is 0 Å². The van der Waals surface area contributed by atoms with Gasteiger partial charge in [0.1, 0.15) is 0 Å². The molecule has 0 radical (unpaired) electrons. The highest BCUT2D eigenvalue weighted by Crippen LogP contribution is 2.13. The number of hydrogen-bond donors (Lipinski definition) is 1. The van der Waals surface area contributed by atoms with E-state index in [1.807, 2.05) is 0 Å². The molecule has 1 unspecified atom stereocenters. The van der Waals surface area contributed by atoms with E-state index in [-0.39, 0.29) is 0 Å². The average molecular weight is 262 g/mol. The molecule has 3 heteroatoms. The second-order valence-electron chi connectivity index (χ2n) is 5.75. The summed E-state index contributed by atoms with van der Waals surface area (Å²) in [6, 6.07) is 9.87. The highest BCUT2D eigenvalue weighted by molar-refractivity contribution is 5.21. The molecule has 0 spiro atoms. The molecule has 0 bridgehead atoms. The Balaban J connectivity index is 1.93. The van der Waals surface area contributed by atoms with Crippen LogP contribution in [0.5, 0.6) is 0 Å². The molecule has 2 rings (SSSR count). The number of hydrogen-bond acceptors (Lipinski definition) is 3. The maximum Gasteiger partial charge on any atom is 0.0635 e. The molecule has 0 amide bonds. The van der Waals surface area contributed by atoms with Gasteiger partial charge in [-0.1, -0.05) is 43.7 Å². The van der Waals surface area contributed by atoms with Gasteiger partial charge in [0, 0.05) is 31.7 Å². The van der Waals surface area contributed by atoms with Gasteiger partial charge in [-0.15, -0.1) is 0 Å². The summed E-state index contributed by atoms with van der Waals surface area (Å²) < 4.78 is 5.62. The number of ether oxygens (including phenoxy) is 1. The normalized spacial score (nSPS) is 20.9. The molecule has 106 valence electrons. The number of aryl methyl sites for hydroxylation is 1. The number of morpholine rings is 1. The molecular weight excluding hydrogens is 236 g/mol. The monoisotopic (exact) mass is 262 g/mol. The smallest absolute Gasteiger partial charge is 0.0635 e. The minimum absolute atomic E-state index is 0.484. The first-order chi connectivity index (χ1) is 9.15. The van der Waals surface area contributed by atoms with E-state index in [1.54, 1.807) is 0 Å². The third-order valence-electron chi connectivity index (χ3n) is 3.62. The molecule has 0 aliphatic carbocycles. The standard InChI is InChI=1S/C16H26N2O/c1-13(2)17-10-16-12-19-9-8-18(16)11-15-6-4-14(3)5-7-15/h4-7,13,16-17H,8-12H2,1-3H3. The average Bonchev–Trinajstić information content (AvgIpc) is 2.40. The predicted molar refractivity (Wildman–Crippen MR) is 79.3 cm³/mol. The zero-order valence-corrected chi connectivity index (χ0v) is 12.4. The first-order valence-electron chi connectivity index (χ1n) is 7.26. The fourth-order valence-corrected chi connectivity index (χ4v) is 2.39. The zero-order valence-electron chi connectivity index (χ0n) is 12.4. The van der Waals surface area contributed by atoms with Crippen LogP contribution in [0.25, 0.3) is 0 Å². The lowest BCUT2D eigenvalue weighted by molar-refractivity contribution is -0.0114. The lowest BCUT2D eigenvalue weighted by Crippen LogP contribution is -2.50. The molecular formula is C16H26N2O. The summed E-state index contributed by atoms with van der Waals surface area (Å²) in [5.74, 6) is 0. The highest BCUT2D eigenvalue weighted by Gasteiger charge is 2.22. The van der Waals surface area contributed by atoms with Crippen molar-refractivity contribution in [3.8, 4) is 0 Å². The van der Waals surface area contributed by atoms with Crippen molar-refractivity contribution < 1.29 is 4.74 Å². The first kappa shape index (κ1) is 14.5. The Hall–Kier alpha value is -0.900. The molecule has 19 heavy (non-hydrogen) atoms. The molecule has 0 aromatic heterocycles. The molecule has 1 saturated heterocycles.